The van der Waals surface area contributed by atoms with Crippen molar-refractivity contribution in [1.82, 2.24) is 14.8 Å². The Balaban J connectivity index is 0.918. The number of Topliss-reactive ketones (excluding diaryl/α,β-unsaturated/α-hetero) is 1. The zero-order valence-corrected chi connectivity index (χ0v) is 28.4. The van der Waals surface area contributed by atoms with Crippen molar-refractivity contribution in [3.05, 3.63) is 155 Å². The van der Waals surface area contributed by atoms with Gasteiger partial charge in [0.1, 0.15) is 18.1 Å². The topological polar surface area (TPSA) is 81.2 Å². The average molecular weight is 708 g/mol. The summed E-state index contributed by atoms with van der Waals surface area (Å²) in [6.07, 6.45) is 4.38. The first-order valence-corrected chi connectivity index (χ1v) is 16.7. The Hall–Kier alpha value is -5.94. The molecule has 0 N–H and O–H groups in total. The van der Waals surface area contributed by atoms with Gasteiger partial charge >= 0.3 is 0 Å². The summed E-state index contributed by atoms with van der Waals surface area (Å²) in [6, 6.07) is 26.0. The molecule has 0 spiro atoms. The van der Waals surface area contributed by atoms with Crippen molar-refractivity contribution in [1.29, 1.82) is 0 Å². The van der Waals surface area contributed by atoms with Crippen LogP contribution in [0.25, 0.3) is 6.08 Å². The Morgan fingerprint density at radius 3 is 2.17 bits per heavy atom. The Bertz CT molecular complexity index is 2030. The number of aryl methyl sites for hydroxylation is 1. The number of halogens is 3. The van der Waals surface area contributed by atoms with E-state index in [2.05, 4.69) is 9.88 Å². The fourth-order valence-electron chi connectivity index (χ4n) is 5.45. The normalized spacial score (nSPS) is 13.3. The number of nitrogens with zero attached hydrogens (tertiary/aromatic N) is 3. The largest absolute Gasteiger partial charge is 0.487 e. The molecule has 0 unspecified atom stereocenters. The molecule has 2 heterocycles. The maximum atomic E-state index is 14.9. The second-order valence-corrected chi connectivity index (χ2v) is 12.3. The highest BCUT2D eigenvalue weighted by atomic mass is 19.2. The molecule has 266 valence electrons. The molecule has 4 aromatic carbocycles. The molecule has 1 fully saturated rings. The molecule has 0 radical (unpaired) electrons. The molecule has 0 aliphatic carbocycles. The molecule has 1 aromatic heterocycles. The van der Waals surface area contributed by atoms with Crippen LogP contribution >= 0.6 is 0 Å². The smallest absolute Gasteiger partial charge is 0.246 e. The van der Waals surface area contributed by atoms with Crippen molar-refractivity contribution in [2.75, 3.05) is 32.8 Å². The van der Waals surface area contributed by atoms with Crippen molar-refractivity contribution in [2.24, 2.45) is 0 Å². The minimum atomic E-state index is -0.957. The fourth-order valence-corrected chi connectivity index (χ4v) is 5.45. The number of ether oxygens (including phenoxy) is 3. The summed E-state index contributed by atoms with van der Waals surface area (Å²) in [4.78, 5) is 33.4. The van der Waals surface area contributed by atoms with E-state index in [9.17, 15) is 22.8 Å². The van der Waals surface area contributed by atoms with Gasteiger partial charge in [0.15, 0.2) is 35.6 Å². The van der Waals surface area contributed by atoms with Crippen LogP contribution in [0.15, 0.2) is 109 Å². The van der Waals surface area contributed by atoms with E-state index in [4.69, 9.17) is 14.2 Å². The second kappa shape index (κ2) is 16.8. The number of rotatable bonds is 13. The Kier molecular flexibility index (Phi) is 11.6. The number of amides is 1. The number of hydrogen-bond donors (Lipinski definition) is 0. The Labute approximate surface area is 299 Å². The summed E-state index contributed by atoms with van der Waals surface area (Å²) in [5.74, 6) is -1.67. The predicted octanol–water partition coefficient (Wildman–Crippen LogP) is 7.80. The summed E-state index contributed by atoms with van der Waals surface area (Å²) in [5, 5.41) is 0. The highest BCUT2D eigenvalue weighted by Crippen LogP contribution is 2.26. The third-order valence-electron chi connectivity index (χ3n) is 8.44. The average Bonchev–Trinajstić information content (AvgIpc) is 3.16. The predicted molar refractivity (Wildman–Crippen MR) is 190 cm³/mol. The van der Waals surface area contributed by atoms with E-state index in [0.29, 0.717) is 54.4 Å². The second-order valence-electron chi connectivity index (χ2n) is 12.3. The minimum Gasteiger partial charge on any atom is -0.487 e. The van der Waals surface area contributed by atoms with Gasteiger partial charge in [-0.2, -0.15) is 0 Å². The SMILES string of the molecule is Cc1ccc(C(=O)COc2ccc(CN3CCN(C(=O)/C=C/c4ccc(Oc5ccc(OCc6ccc(F)c(F)c6)cn5)c(F)c4)CC3)cc2)cc1. The van der Waals surface area contributed by atoms with Crippen LogP contribution < -0.4 is 14.2 Å². The van der Waals surface area contributed by atoms with Gasteiger partial charge in [-0.15, -0.1) is 0 Å². The van der Waals surface area contributed by atoms with Gasteiger partial charge in [0.25, 0.3) is 0 Å². The van der Waals surface area contributed by atoms with Gasteiger partial charge in [0, 0.05) is 50.4 Å². The van der Waals surface area contributed by atoms with Crippen LogP contribution in [0.5, 0.6) is 23.1 Å². The van der Waals surface area contributed by atoms with Crippen LogP contribution in [-0.4, -0.2) is 59.3 Å². The van der Waals surface area contributed by atoms with Crippen LogP contribution in [0.4, 0.5) is 13.2 Å². The van der Waals surface area contributed by atoms with E-state index < -0.39 is 17.5 Å². The maximum absolute atomic E-state index is 14.9. The quantitative estimate of drug-likeness (QED) is 0.0913. The number of carbonyl (C=O) groups excluding carboxylic acids is 2. The first kappa shape index (κ1) is 35.9. The van der Waals surface area contributed by atoms with Gasteiger partial charge in [-0.3, -0.25) is 14.5 Å². The van der Waals surface area contributed by atoms with E-state index in [1.807, 2.05) is 43.3 Å². The highest BCUT2D eigenvalue weighted by Gasteiger charge is 2.20. The van der Waals surface area contributed by atoms with E-state index in [1.54, 1.807) is 35.2 Å². The van der Waals surface area contributed by atoms with E-state index in [0.717, 1.165) is 29.8 Å². The van der Waals surface area contributed by atoms with E-state index >= 15 is 0 Å². The molecule has 0 bridgehead atoms. The molecule has 0 saturated carbocycles. The first-order valence-electron chi connectivity index (χ1n) is 16.7. The van der Waals surface area contributed by atoms with Crippen LogP contribution in [0, 0.1) is 24.4 Å². The van der Waals surface area contributed by atoms with Crippen molar-refractivity contribution in [3.8, 4) is 23.1 Å². The third-order valence-corrected chi connectivity index (χ3v) is 8.44. The summed E-state index contributed by atoms with van der Waals surface area (Å²) in [7, 11) is 0. The molecule has 6 rings (SSSR count). The van der Waals surface area contributed by atoms with Gasteiger partial charge in [-0.1, -0.05) is 54.1 Å². The fraction of sp³-hybridized carbons (Fsp3) is 0.195. The maximum Gasteiger partial charge on any atom is 0.246 e. The zero-order valence-electron chi connectivity index (χ0n) is 28.4. The molecule has 0 atom stereocenters. The summed E-state index contributed by atoms with van der Waals surface area (Å²) in [5.41, 5.74) is 3.77. The monoisotopic (exact) mass is 707 g/mol. The van der Waals surface area contributed by atoms with Gasteiger partial charge in [-0.25, -0.2) is 18.2 Å². The molecule has 1 aliphatic heterocycles. The van der Waals surface area contributed by atoms with Crippen molar-refractivity contribution in [2.45, 2.75) is 20.1 Å². The van der Waals surface area contributed by atoms with Crippen molar-refractivity contribution < 1.29 is 37.0 Å². The molecular weight excluding hydrogens is 671 g/mol. The van der Waals surface area contributed by atoms with Crippen molar-refractivity contribution >= 4 is 17.8 Å². The molecule has 11 heteroatoms. The lowest BCUT2D eigenvalue weighted by molar-refractivity contribution is -0.127. The molecule has 1 amide bonds. The summed E-state index contributed by atoms with van der Waals surface area (Å²) >= 11 is 0. The van der Waals surface area contributed by atoms with E-state index in [-0.39, 0.29) is 36.5 Å². The minimum absolute atomic E-state index is 0.00944. The number of piperazine rings is 1. The summed E-state index contributed by atoms with van der Waals surface area (Å²) < 4.78 is 58.2. The lowest BCUT2D eigenvalue weighted by atomic mass is 10.1. The van der Waals surface area contributed by atoms with Crippen LogP contribution in [-0.2, 0) is 17.9 Å². The van der Waals surface area contributed by atoms with E-state index in [1.165, 1.54) is 36.5 Å². The Morgan fingerprint density at radius 1 is 0.750 bits per heavy atom. The number of benzene rings is 4. The Morgan fingerprint density at radius 2 is 1.48 bits per heavy atom. The molecular formula is C41H36F3N3O5. The molecule has 8 nitrogen and oxygen atoms in total. The molecule has 1 aliphatic rings. The number of carbonyl (C=O) groups is 2. The van der Waals surface area contributed by atoms with Gasteiger partial charge in [-0.05, 0) is 72.2 Å². The number of ketones is 1. The molecule has 1 saturated heterocycles. The van der Waals surface area contributed by atoms with Gasteiger partial charge < -0.3 is 19.1 Å². The third kappa shape index (κ3) is 9.85. The lowest BCUT2D eigenvalue weighted by Crippen LogP contribution is -2.47. The molecule has 52 heavy (non-hydrogen) atoms. The first-order chi connectivity index (χ1) is 25.2. The number of hydrogen-bond acceptors (Lipinski definition) is 7. The van der Waals surface area contributed by atoms with Gasteiger partial charge in [0.05, 0.1) is 6.20 Å². The van der Waals surface area contributed by atoms with Crippen LogP contribution in [0.3, 0.4) is 0 Å². The van der Waals surface area contributed by atoms with Crippen LogP contribution in [0.2, 0.25) is 0 Å². The van der Waals surface area contributed by atoms with Crippen LogP contribution in [0.1, 0.15) is 32.6 Å². The number of pyridine rings is 1. The summed E-state index contributed by atoms with van der Waals surface area (Å²) in [6.45, 7) is 5.22. The van der Waals surface area contributed by atoms with Crippen molar-refractivity contribution in [3.63, 3.8) is 0 Å². The number of aromatic nitrogens is 1. The lowest BCUT2D eigenvalue weighted by Gasteiger charge is -2.34. The van der Waals surface area contributed by atoms with Gasteiger partial charge in [0.2, 0.25) is 11.8 Å². The zero-order chi connectivity index (χ0) is 36.5. The molecule has 5 aromatic rings. The standard InChI is InChI=1S/C41H36F3N3O5/c1-28-2-9-32(10-3-28)38(48)27-51-33-11-4-30(5-12-33)25-46-18-20-47(21-19-46)41(49)17-8-29-7-15-39(37(44)22-29)52-40-16-13-34(24-45-40)50-26-31-6-14-35(42)36(43)23-31/h2-17,22-24H,18-21,25-27H2,1H3/b17-8+. The highest BCUT2D eigenvalue weighted by molar-refractivity contribution is 5.97.